The molecule has 6 heteroatoms. The molecule has 0 radical (unpaired) electrons. The number of aromatic nitrogens is 2. The molecule has 0 spiro atoms. The van der Waals surface area contributed by atoms with E-state index in [2.05, 4.69) is 15.3 Å². The van der Waals surface area contributed by atoms with E-state index in [9.17, 15) is 8.78 Å². The number of benzene rings is 1. The van der Waals surface area contributed by atoms with E-state index < -0.39 is 11.6 Å². The van der Waals surface area contributed by atoms with Gasteiger partial charge in [-0.15, -0.1) is 11.3 Å². The van der Waals surface area contributed by atoms with Crippen LogP contribution in [0, 0.1) is 25.5 Å². The molecule has 102 valence electrons. The second kappa shape index (κ2) is 4.79. The van der Waals surface area contributed by atoms with Gasteiger partial charge < -0.3 is 5.32 Å². The van der Waals surface area contributed by atoms with E-state index in [1.54, 1.807) is 6.92 Å². The second-order valence-electron chi connectivity index (χ2n) is 4.42. The molecule has 0 saturated carbocycles. The van der Waals surface area contributed by atoms with Crippen LogP contribution in [0.4, 0.5) is 20.3 Å². The molecule has 0 aliphatic carbocycles. The lowest BCUT2D eigenvalue weighted by molar-refractivity contribution is 0.590. The van der Waals surface area contributed by atoms with Crippen LogP contribution >= 0.6 is 11.3 Å². The highest BCUT2D eigenvalue weighted by Crippen LogP contribution is 2.31. The lowest BCUT2D eigenvalue weighted by Gasteiger charge is -2.09. The van der Waals surface area contributed by atoms with Gasteiger partial charge in [-0.2, -0.15) is 0 Å². The van der Waals surface area contributed by atoms with Crippen molar-refractivity contribution in [3.05, 3.63) is 46.6 Å². The minimum atomic E-state index is -0.652. The molecule has 0 atom stereocenters. The minimum Gasteiger partial charge on any atom is -0.335 e. The highest BCUT2D eigenvalue weighted by Gasteiger charge is 2.13. The Kier molecular flexibility index (Phi) is 3.10. The molecular formula is C14H11F2N3S. The standard InChI is InChI=1S/C14H11F2N3S/c1-7-6-9-13(17-8(2)18-14(9)20-7)19-12-10(15)4-3-5-11(12)16/h3-6H,1-2H3,(H,17,18,19). The van der Waals surface area contributed by atoms with E-state index >= 15 is 0 Å². The number of hydrogen-bond donors (Lipinski definition) is 1. The summed E-state index contributed by atoms with van der Waals surface area (Å²) in [4.78, 5) is 10.4. The molecule has 3 rings (SSSR count). The summed E-state index contributed by atoms with van der Waals surface area (Å²) in [5.41, 5.74) is -0.198. The zero-order valence-corrected chi connectivity index (χ0v) is 11.7. The third-order valence-electron chi connectivity index (χ3n) is 2.83. The second-order valence-corrected chi connectivity index (χ2v) is 5.65. The van der Waals surface area contributed by atoms with Crippen molar-refractivity contribution in [2.45, 2.75) is 13.8 Å². The summed E-state index contributed by atoms with van der Waals surface area (Å²) in [6.07, 6.45) is 0. The highest BCUT2D eigenvalue weighted by molar-refractivity contribution is 7.18. The molecule has 2 aromatic heterocycles. The third-order valence-corrected chi connectivity index (χ3v) is 3.78. The maximum Gasteiger partial charge on any atom is 0.149 e. The fourth-order valence-corrected chi connectivity index (χ4v) is 2.90. The van der Waals surface area contributed by atoms with Crippen molar-refractivity contribution in [2.75, 3.05) is 5.32 Å². The smallest absolute Gasteiger partial charge is 0.149 e. The van der Waals surface area contributed by atoms with Crippen LogP contribution in [-0.4, -0.2) is 9.97 Å². The predicted molar refractivity (Wildman–Crippen MR) is 76.5 cm³/mol. The molecule has 3 nitrogen and oxygen atoms in total. The van der Waals surface area contributed by atoms with Crippen molar-refractivity contribution in [2.24, 2.45) is 0 Å². The van der Waals surface area contributed by atoms with Gasteiger partial charge in [-0.1, -0.05) is 6.07 Å². The predicted octanol–water partition coefficient (Wildman–Crippen LogP) is 4.33. The molecule has 2 heterocycles. The number of para-hydroxylation sites is 1. The quantitative estimate of drug-likeness (QED) is 0.763. The molecule has 1 aromatic carbocycles. The molecule has 1 N–H and O–H groups in total. The fourth-order valence-electron chi connectivity index (χ4n) is 1.98. The molecule has 0 amide bonds. The average molecular weight is 291 g/mol. The van der Waals surface area contributed by atoms with Gasteiger partial charge in [0, 0.05) is 4.88 Å². The summed E-state index contributed by atoms with van der Waals surface area (Å²) in [5, 5.41) is 3.51. The van der Waals surface area contributed by atoms with Gasteiger partial charge in [0.2, 0.25) is 0 Å². The van der Waals surface area contributed by atoms with Gasteiger partial charge >= 0.3 is 0 Å². The first-order chi connectivity index (χ1) is 9.54. The van der Waals surface area contributed by atoms with Gasteiger partial charge in [0.05, 0.1) is 5.39 Å². The molecule has 20 heavy (non-hydrogen) atoms. The van der Waals surface area contributed by atoms with Crippen LogP contribution in [0.3, 0.4) is 0 Å². The van der Waals surface area contributed by atoms with E-state index in [0.29, 0.717) is 11.6 Å². The molecule has 0 fully saturated rings. The van der Waals surface area contributed by atoms with Gasteiger partial charge in [-0.3, -0.25) is 0 Å². The first kappa shape index (κ1) is 12.9. The summed E-state index contributed by atoms with van der Waals surface area (Å²) in [5.74, 6) is -0.331. The van der Waals surface area contributed by atoms with Gasteiger partial charge in [0.15, 0.2) is 0 Å². The zero-order chi connectivity index (χ0) is 14.3. The van der Waals surface area contributed by atoms with E-state index in [1.165, 1.54) is 29.5 Å². The van der Waals surface area contributed by atoms with E-state index in [-0.39, 0.29) is 5.69 Å². The molecule has 0 bridgehead atoms. The third kappa shape index (κ3) is 2.22. The molecule has 0 unspecified atom stereocenters. The van der Waals surface area contributed by atoms with E-state index in [1.807, 2.05) is 13.0 Å². The number of rotatable bonds is 2. The lowest BCUT2D eigenvalue weighted by atomic mass is 10.2. The van der Waals surface area contributed by atoms with Crippen molar-refractivity contribution >= 4 is 33.1 Å². The Balaban J connectivity index is 2.15. The topological polar surface area (TPSA) is 37.8 Å². The first-order valence-electron chi connectivity index (χ1n) is 6.00. The Morgan fingerprint density at radius 3 is 2.50 bits per heavy atom. The largest absolute Gasteiger partial charge is 0.335 e. The maximum atomic E-state index is 13.7. The Labute approximate surface area is 118 Å². The monoisotopic (exact) mass is 291 g/mol. The van der Waals surface area contributed by atoms with Crippen LogP contribution in [0.2, 0.25) is 0 Å². The number of nitrogens with zero attached hydrogens (tertiary/aromatic N) is 2. The molecule has 0 aliphatic heterocycles. The van der Waals surface area contributed by atoms with Crippen LogP contribution in [0.25, 0.3) is 10.2 Å². The highest BCUT2D eigenvalue weighted by atomic mass is 32.1. The molecule has 0 saturated heterocycles. The van der Waals surface area contributed by atoms with Crippen molar-refractivity contribution in [1.29, 1.82) is 0 Å². The van der Waals surface area contributed by atoms with Gasteiger partial charge in [-0.05, 0) is 32.0 Å². The Bertz CT molecular complexity index is 778. The van der Waals surface area contributed by atoms with Crippen LogP contribution in [-0.2, 0) is 0 Å². The number of anilines is 2. The first-order valence-corrected chi connectivity index (χ1v) is 6.82. The number of fused-ring (bicyclic) bond motifs is 1. The summed E-state index contributed by atoms with van der Waals surface area (Å²) in [6, 6.07) is 5.64. The normalized spacial score (nSPS) is 11.0. The molecule has 0 aliphatic rings. The van der Waals surface area contributed by atoms with Crippen LogP contribution < -0.4 is 5.32 Å². The average Bonchev–Trinajstić information content (AvgIpc) is 2.74. The molecular weight excluding hydrogens is 280 g/mol. The fraction of sp³-hybridized carbons (Fsp3) is 0.143. The van der Waals surface area contributed by atoms with Crippen molar-refractivity contribution in [3.63, 3.8) is 0 Å². The van der Waals surface area contributed by atoms with Crippen molar-refractivity contribution in [1.82, 2.24) is 9.97 Å². The number of hydrogen-bond acceptors (Lipinski definition) is 4. The van der Waals surface area contributed by atoms with Crippen LogP contribution in [0.15, 0.2) is 24.3 Å². The summed E-state index contributed by atoms with van der Waals surface area (Å²) >= 11 is 1.52. The number of halogens is 2. The maximum absolute atomic E-state index is 13.7. The van der Waals surface area contributed by atoms with E-state index in [4.69, 9.17) is 0 Å². The number of aryl methyl sites for hydroxylation is 2. The summed E-state index contributed by atoms with van der Waals surface area (Å²) in [6.45, 7) is 3.70. The summed E-state index contributed by atoms with van der Waals surface area (Å²) in [7, 11) is 0. The van der Waals surface area contributed by atoms with Crippen LogP contribution in [0.5, 0.6) is 0 Å². The minimum absolute atomic E-state index is 0.198. The van der Waals surface area contributed by atoms with Gasteiger partial charge in [-0.25, -0.2) is 18.7 Å². The Morgan fingerprint density at radius 1 is 1.10 bits per heavy atom. The van der Waals surface area contributed by atoms with Gasteiger partial charge in [0.1, 0.15) is 33.8 Å². The lowest BCUT2D eigenvalue weighted by Crippen LogP contribution is -2.01. The van der Waals surface area contributed by atoms with Crippen molar-refractivity contribution in [3.8, 4) is 0 Å². The SMILES string of the molecule is Cc1nc(Nc2c(F)cccc2F)c2cc(C)sc2n1. The van der Waals surface area contributed by atoms with E-state index in [0.717, 1.165) is 15.1 Å². The number of nitrogens with one attached hydrogen (secondary N) is 1. The Hall–Kier alpha value is -2.08. The van der Waals surface area contributed by atoms with Crippen LogP contribution in [0.1, 0.15) is 10.7 Å². The Morgan fingerprint density at radius 2 is 1.80 bits per heavy atom. The zero-order valence-electron chi connectivity index (χ0n) is 10.9. The van der Waals surface area contributed by atoms with Gasteiger partial charge in [0.25, 0.3) is 0 Å². The molecule has 3 aromatic rings. The number of thiophene rings is 1. The van der Waals surface area contributed by atoms with Crippen molar-refractivity contribution < 1.29 is 8.78 Å². The summed E-state index contributed by atoms with van der Waals surface area (Å²) < 4.78 is 27.4.